The fourth-order valence-corrected chi connectivity index (χ4v) is 0.933. The maximum absolute atomic E-state index is 10.2. The summed E-state index contributed by atoms with van der Waals surface area (Å²) in [7, 11) is 0. The minimum atomic E-state index is -0.540. The van der Waals surface area contributed by atoms with Gasteiger partial charge in [0, 0.05) is 10.5 Å². The summed E-state index contributed by atoms with van der Waals surface area (Å²) < 4.78 is 0. The van der Waals surface area contributed by atoms with E-state index in [9.17, 15) is 10.1 Å². The van der Waals surface area contributed by atoms with Crippen LogP contribution in [0.3, 0.4) is 0 Å². The summed E-state index contributed by atoms with van der Waals surface area (Å²) in [6.45, 7) is -0.472. The Morgan fingerprint density at radius 3 is 2.54 bits per heavy atom. The Labute approximate surface area is 74.5 Å². The molecule has 0 saturated carbocycles. The van der Waals surface area contributed by atoms with Crippen LogP contribution in [0.15, 0.2) is 35.5 Å². The summed E-state index contributed by atoms with van der Waals surface area (Å²) in [6.07, 6.45) is 0. The standard InChI is InChI=1S/C8H8N2O3/c11-9-8(6-10(12)13)7-4-2-1-3-5-7/h1-5,11H,6H2/b9-8-. The molecule has 1 N–H and O–H groups in total. The number of hydrogen-bond donors (Lipinski definition) is 1. The van der Waals surface area contributed by atoms with Crippen LogP contribution < -0.4 is 0 Å². The van der Waals surface area contributed by atoms with E-state index in [0.717, 1.165) is 0 Å². The summed E-state index contributed by atoms with van der Waals surface area (Å²) >= 11 is 0. The van der Waals surface area contributed by atoms with Gasteiger partial charge in [-0.3, -0.25) is 10.1 Å². The Balaban J connectivity index is 2.86. The Hall–Kier alpha value is -1.91. The Kier molecular flexibility index (Phi) is 2.97. The zero-order valence-electron chi connectivity index (χ0n) is 6.75. The normalized spacial score (nSPS) is 11.2. The molecule has 1 rings (SSSR count). The highest BCUT2D eigenvalue weighted by atomic mass is 16.6. The molecular weight excluding hydrogens is 172 g/mol. The quantitative estimate of drug-likeness (QED) is 0.328. The molecule has 0 unspecified atom stereocenters. The van der Waals surface area contributed by atoms with Crippen molar-refractivity contribution >= 4 is 5.71 Å². The molecule has 13 heavy (non-hydrogen) atoms. The lowest BCUT2D eigenvalue weighted by atomic mass is 10.1. The number of rotatable bonds is 3. The Morgan fingerprint density at radius 2 is 2.08 bits per heavy atom. The predicted molar refractivity (Wildman–Crippen MR) is 46.6 cm³/mol. The molecule has 0 saturated heterocycles. The van der Waals surface area contributed by atoms with Crippen LogP contribution in [0.1, 0.15) is 5.56 Å². The van der Waals surface area contributed by atoms with Crippen molar-refractivity contribution in [2.24, 2.45) is 5.16 Å². The van der Waals surface area contributed by atoms with Gasteiger partial charge in [0.05, 0.1) is 0 Å². The molecule has 0 atom stereocenters. The molecule has 0 aliphatic rings. The van der Waals surface area contributed by atoms with Crippen LogP contribution in [0.2, 0.25) is 0 Å². The molecule has 1 aromatic rings. The van der Waals surface area contributed by atoms with Gasteiger partial charge in [-0.1, -0.05) is 35.5 Å². The van der Waals surface area contributed by atoms with Crippen LogP contribution in [0.4, 0.5) is 0 Å². The molecule has 0 aromatic heterocycles. The highest BCUT2D eigenvalue weighted by Crippen LogP contribution is 2.00. The van der Waals surface area contributed by atoms with Gasteiger partial charge in [0.15, 0.2) is 5.71 Å². The van der Waals surface area contributed by atoms with Gasteiger partial charge in [-0.25, -0.2) is 0 Å². The van der Waals surface area contributed by atoms with Crippen molar-refractivity contribution in [2.75, 3.05) is 6.54 Å². The molecule has 0 heterocycles. The molecule has 0 amide bonds. The fraction of sp³-hybridized carbons (Fsp3) is 0.125. The third-order valence-electron chi connectivity index (χ3n) is 1.51. The van der Waals surface area contributed by atoms with Crippen molar-refractivity contribution in [3.63, 3.8) is 0 Å². The average molecular weight is 180 g/mol. The molecule has 68 valence electrons. The third-order valence-corrected chi connectivity index (χ3v) is 1.51. The Bertz CT molecular complexity index is 321. The van der Waals surface area contributed by atoms with E-state index in [2.05, 4.69) is 5.16 Å². The molecule has 0 bridgehead atoms. The van der Waals surface area contributed by atoms with Crippen LogP contribution in [0, 0.1) is 10.1 Å². The highest BCUT2D eigenvalue weighted by molar-refractivity contribution is 6.00. The minimum absolute atomic E-state index is 0.0607. The number of oxime groups is 1. The van der Waals surface area contributed by atoms with E-state index < -0.39 is 11.5 Å². The van der Waals surface area contributed by atoms with Gasteiger partial charge in [0.1, 0.15) is 0 Å². The first kappa shape index (κ1) is 9.18. The second kappa shape index (κ2) is 4.20. The zero-order valence-corrected chi connectivity index (χ0v) is 6.75. The average Bonchev–Trinajstić information content (AvgIpc) is 2.15. The van der Waals surface area contributed by atoms with Gasteiger partial charge in [0.2, 0.25) is 6.54 Å². The number of nitrogens with zero attached hydrogens (tertiary/aromatic N) is 2. The summed E-state index contributed by atoms with van der Waals surface area (Å²) in [5, 5.41) is 21.5. The Morgan fingerprint density at radius 1 is 1.46 bits per heavy atom. The van der Waals surface area contributed by atoms with Gasteiger partial charge in [-0.2, -0.15) is 0 Å². The summed E-state index contributed by atoms with van der Waals surface area (Å²) in [4.78, 5) is 9.62. The molecular formula is C8H8N2O3. The topological polar surface area (TPSA) is 75.7 Å². The molecule has 5 heteroatoms. The maximum atomic E-state index is 10.2. The van der Waals surface area contributed by atoms with Crippen LogP contribution in [-0.2, 0) is 0 Å². The number of hydrogen-bond acceptors (Lipinski definition) is 4. The van der Waals surface area contributed by atoms with E-state index in [1.165, 1.54) is 0 Å². The SMILES string of the molecule is O=[N+]([O-])C/C(=N/O)c1ccccc1. The van der Waals surface area contributed by atoms with Gasteiger partial charge >= 0.3 is 0 Å². The van der Waals surface area contributed by atoms with E-state index in [4.69, 9.17) is 5.21 Å². The van der Waals surface area contributed by atoms with Crippen LogP contribution in [-0.4, -0.2) is 22.4 Å². The third kappa shape index (κ3) is 2.55. The zero-order chi connectivity index (χ0) is 9.68. The van der Waals surface area contributed by atoms with Crippen LogP contribution in [0.5, 0.6) is 0 Å². The molecule has 0 fully saturated rings. The lowest BCUT2D eigenvalue weighted by Gasteiger charge is -1.98. The van der Waals surface area contributed by atoms with E-state index >= 15 is 0 Å². The van der Waals surface area contributed by atoms with E-state index in [1.54, 1.807) is 30.3 Å². The summed E-state index contributed by atoms with van der Waals surface area (Å²) in [6, 6.07) is 8.53. The fourth-order valence-electron chi connectivity index (χ4n) is 0.933. The van der Waals surface area contributed by atoms with Gasteiger partial charge in [-0.15, -0.1) is 0 Å². The van der Waals surface area contributed by atoms with E-state index in [-0.39, 0.29) is 5.71 Å². The predicted octanol–water partition coefficient (Wildman–Crippen LogP) is 1.14. The highest BCUT2D eigenvalue weighted by Gasteiger charge is 2.09. The second-order valence-corrected chi connectivity index (χ2v) is 2.40. The van der Waals surface area contributed by atoms with Crippen molar-refractivity contribution in [2.45, 2.75) is 0 Å². The minimum Gasteiger partial charge on any atom is -0.410 e. The van der Waals surface area contributed by atoms with Gasteiger partial charge in [0.25, 0.3) is 0 Å². The second-order valence-electron chi connectivity index (χ2n) is 2.40. The lowest BCUT2D eigenvalue weighted by molar-refractivity contribution is -0.463. The molecule has 5 nitrogen and oxygen atoms in total. The first-order chi connectivity index (χ1) is 6.24. The van der Waals surface area contributed by atoms with E-state index in [1.807, 2.05) is 0 Å². The van der Waals surface area contributed by atoms with Crippen molar-refractivity contribution in [3.05, 3.63) is 46.0 Å². The molecule has 0 aliphatic carbocycles. The smallest absolute Gasteiger partial charge is 0.249 e. The summed E-state index contributed by atoms with van der Waals surface area (Å²) in [5.74, 6) is 0. The monoisotopic (exact) mass is 180 g/mol. The summed E-state index contributed by atoms with van der Waals surface area (Å²) in [5.41, 5.74) is 0.618. The maximum Gasteiger partial charge on any atom is 0.249 e. The van der Waals surface area contributed by atoms with Crippen LogP contribution in [0.25, 0.3) is 0 Å². The van der Waals surface area contributed by atoms with Gasteiger partial charge in [-0.05, 0) is 0 Å². The van der Waals surface area contributed by atoms with E-state index in [0.29, 0.717) is 5.56 Å². The largest absolute Gasteiger partial charge is 0.410 e. The van der Waals surface area contributed by atoms with Crippen LogP contribution >= 0.6 is 0 Å². The molecule has 0 radical (unpaired) electrons. The number of nitro groups is 1. The van der Waals surface area contributed by atoms with Crippen molar-refractivity contribution < 1.29 is 10.1 Å². The van der Waals surface area contributed by atoms with Crippen molar-refractivity contribution in [3.8, 4) is 0 Å². The first-order valence-electron chi connectivity index (χ1n) is 3.62. The van der Waals surface area contributed by atoms with Gasteiger partial charge < -0.3 is 5.21 Å². The lowest BCUT2D eigenvalue weighted by Crippen LogP contribution is -2.14. The molecule has 0 aliphatic heterocycles. The number of benzene rings is 1. The van der Waals surface area contributed by atoms with Crippen molar-refractivity contribution in [1.82, 2.24) is 0 Å². The molecule has 1 aromatic carbocycles. The van der Waals surface area contributed by atoms with Crippen molar-refractivity contribution in [1.29, 1.82) is 0 Å². The first-order valence-corrected chi connectivity index (χ1v) is 3.62. The molecule has 0 spiro atoms.